The van der Waals surface area contributed by atoms with Crippen molar-refractivity contribution in [1.82, 2.24) is 4.98 Å². The van der Waals surface area contributed by atoms with Crippen LogP contribution in [0.1, 0.15) is 113 Å². The summed E-state index contributed by atoms with van der Waals surface area (Å²) in [6, 6.07) is 34.2. The molecule has 0 unspecified atom stereocenters. The largest absolute Gasteiger partial charge is 0.462 e. The summed E-state index contributed by atoms with van der Waals surface area (Å²) in [5, 5.41) is 1.67. The van der Waals surface area contributed by atoms with Crippen LogP contribution in [0.15, 0.2) is 103 Å². The molecule has 2 fully saturated rings. The van der Waals surface area contributed by atoms with E-state index in [1.54, 1.807) is 23.5 Å². The smallest absolute Gasteiger partial charge is 0.314 e. The van der Waals surface area contributed by atoms with E-state index in [2.05, 4.69) is 80.6 Å². The maximum absolute atomic E-state index is 13.8. The highest BCUT2D eigenvalue weighted by Crippen LogP contribution is 2.39. The summed E-state index contributed by atoms with van der Waals surface area (Å²) in [6.07, 6.45) is 10.3. The molecule has 0 bridgehead atoms. The van der Waals surface area contributed by atoms with Gasteiger partial charge in [0.05, 0.1) is 22.4 Å². The number of aromatic nitrogens is 1. The number of rotatable bonds is 17. The second-order valence-corrected chi connectivity index (χ2v) is 18.8. The second-order valence-electron chi connectivity index (χ2n) is 17.7. The minimum absolute atomic E-state index is 0.215. The highest BCUT2D eigenvalue weighted by atomic mass is 32.1. The van der Waals surface area contributed by atoms with Crippen molar-refractivity contribution in [2.45, 2.75) is 129 Å². The molecule has 2 heterocycles. The molecule has 0 aliphatic heterocycles. The van der Waals surface area contributed by atoms with Crippen molar-refractivity contribution in [3.05, 3.63) is 125 Å². The number of hydrogen-bond acceptors (Lipinski definition) is 10. The van der Waals surface area contributed by atoms with Crippen molar-refractivity contribution in [2.24, 2.45) is 11.8 Å². The fourth-order valence-electron chi connectivity index (χ4n) is 9.10. The first-order valence-electron chi connectivity index (χ1n) is 23.6. The molecule has 0 atom stereocenters. The Morgan fingerprint density at radius 3 is 1.54 bits per heavy atom. The maximum atomic E-state index is 13.8. The lowest BCUT2D eigenvalue weighted by atomic mass is 9.87. The van der Waals surface area contributed by atoms with E-state index in [1.165, 1.54) is 11.1 Å². The molecule has 2 aromatic heterocycles. The lowest BCUT2D eigenvalue weighted by molar-refractivity contribution is -0.153. The molecular formula is C55H59NO8S. The van der Waals surface area contributed by atoms with Crippen LogP contribution >= 0.6 is 11.3 Å². The third-order valence-corrected chi connectivity index (χ3v) is 14.0. The molecular weight excluding hydrogens is 835 g/mol. The highest BCUT2D eigenvalue weighted by Gasteiger charge is 2.32. The third kappa shape index (κ3) is 12.1. The van der Waals surface area contributed by atoms with E-state index < -0.39 is 0 Å². The van der Waals surface area contributed by atoms with Crippen molar-refractivity contribution in [2.75, 3.05) is 0 Å². The second kappa shape index (κ2) is 21.9. The van der Waals surface area contributed by atoms with Gasteiger partial charge in [0, 0.05) is 22.9 Å². The fraction of sp³-hybridized carbons (Fsp3) is 0.400. The molecule has 2 saturated carbocycles. The van der Waals surface area contributed by atoms with Crippen LogP contribution in [0.3, 0.4) is 0 Å². The summed E-state index contributed by atoms with van der Waals surface area (Å²) in [5.41, 5.74) is 5.98. The van der Waals surface area contributed by atoms with Crippen molar-refractivity contribution < 1.29 is 38.1 Å². The number of ether oxygens (including phenoxy) is 4. The Kier molecular flexibility index (Phi) is 15.4. The van der Waals surface area contributed by atoms with E-state index in [0.717, 1.165) is 51.8 Å². The third-order valence-electron chi connectivity index (χ3n) is 12.8. The average molecular weight is 894 g/mol. The standard InChI is InChI=1S/C55H59NO8S/c1-3-7-36-11-15-38(16-12-36)19-33-51(57)61-43-25-21-40(22-26-43)54(59)63-47-31-32-48(53-45(47)29-30-46(56-53)50-35-42-9-5-6-10-49(42)65-50)64-55(60)41-23-27-44(28-24-41)62-52(58)34-20-39-17-13-37(8-4-2)14-18-39/h5-6,9-18,29-32,35,40-41,43-44H,3-4,7-8,19-28,33-34H2,1-2H3/t40-,41-,43-,44-. The van der Waals surface area contributed by atoms with E-state index in [4.69, 9.17) is 23.9 Å². The van der Waals surface area contributed by atoms with Gasteiger partial charge in [-0.2, -0.15) is 0 Å². The summed E-state index contributed by atoms with van der Waals surface area (Å²) in [7, 11) is 0. The lowest BCUT2D eigenvalue weighted by Crippen LogP contribution is -2.30. The van der Waals surface area contributed by atoms with Gasteiger partial charge in [-0.1, -0.05) is 93.4 Å². The van der Waals surface area contributed by atoms with Crippen LogP contribution in [0, 0.1) is 11.8 Å². The number of esters is 4. The number of carbonyl (C=O) groups excluding carboxylic acids is 4. The molecule has 10 heteroatoms. The first-order chi connectivity index (χ1) is 31.7. The van der Waals surface area contributed by atoms with Crippen molar-refractivity contribution in [3.8, 4) is 22.1 Å². The van der Waals surface area contributed by atoms with Crippen LogP contribution in [0.25, 0.3) is 31.6 Å². The Balaban J connectivity index is 0.878. The predicted molar refractivity (Wildman–Crippen MR) is 255 cm³/mol. The molecule has 338 valence electrons. The maximum Gasteiger partial charge on any atom is 0.314 e. The highest BCUT2D eigenvalue weighted by molar-refractivity contribution is 7.22. The van der Waals surface area contributed by atoms with Gasteiger partial charge in [-0.3, -0.25) is 19.2 Å². The summed E-state index contributed by atoms with van der Waals surface area (Å²) in [5.74, 6) is -1.21. The molecule has 6 aromatic rings. The van der Waals surface area contributed by atoms with Gasteiger partial charge in [0.15, 0.2) is 5.75 Å². The molecule has 8 rings (SSSR count). The quantitative estimate of drug-likeness (QED) is 0.0651. The van der Waals surface area contributed by atoms with Crippen LogP contribution in [0.4, 0.5) is 0 Å². The first kappa shape index (κ1) is 45.7. The molecule has 0 saturated heterocycles. The van der Waals surface area contributed by atoms with Gasteiger partial charge in [-0.15, -0.1) is 11.3 Å². The number of nitrogens with zero attached hydrogens (tertiary/aromatic N) is 1. The number of thiophene rings is 1. The van der Waals surface area contributed by atoms with Crippen molar-refractivity contribution in [3.63, 3.8) is 0 Å². The summed E-state index contributed by atoms with van der Waals surface area (Å²) in [6.45, 7) is 4.33. The SMILES string of the molecule is CCCc1ccc(CCC(=O)O[C@H]2CC[C@H](C(=O)Oc3ccc(OC(=O)[C@H]4CC[C@H](OC(=O)CCc5ccc(CCC)cc5)CC4)c4nc(-c5cc6ccccc6s5)ccc34)CC2)cc1. The minimum Gasteiger partial charge on any atom is -0.462 e. The molecule has 9 nitrogen and oxygen atoms in total. The normalized spacial score (nSPS) is 18.6. The number of benzene rings is 4. The van der Waals surface area contributed by atoms with E-state index >= 15 is 0 Å². The Bertz CT molecular complexity index is 2550. The van der Waals surface area contributed by atoms with Crippen LogP contribution in [-0.2, 0) is 54.3 Å². The number of pyridine rings is 1. The van der Waals surface area contributed by atoms with Gasteiger partial charge in [-0.25, -0.2) is 4.98 Å². The first-order valence-corrected chi connectivity index (χ1v) is 24.4. The minimum atomic E-state index is -0.361. The molecule has 4 aromatic carbocycles. The number of aryl methyl sites for hydroxylation is 4. The molecule has 0 spiro atoms. The van der Waals surface area contributed by atoms with Crippen LogP contribution in [-0.4, -0.2) is 41.1 Å². The van der Waals surface area contributed by atoms with Crippen molar-refractivity contribution in [1.29, 1.82) is 0 Å². The lowest BCUT2D eigenvalue weighted by Gasteiger charge is -2.27. The Hall–Kier alpha value is -5.87. The number of fused-ring (bicyclic) bond motifs is 2. The topological polar surface area (TPSA) is 118 Å². The summed E-state index contributed by atoms with van der Waals surface area (Å²) < 4.78 is 25.0. The predicted octanol–water partition coefficient (Wildman–Crippen LogP) is 12.3. The van der Waals surface area contributed by atoms with Crippen LogP contribution in [0.5, 0.6) is 11.5 Å². The van der Waals surface area contributed by atoms with E-state index in [-0.39, 0.29) is 47.9 Å². The van der Waals surface area contributed by atoms with Gasteiger partial charge in [-0.05, 0) is 141 Å². The van der Waals surface area contributed by atoms with Gasteiger partial charge >= 0.3 is 23.9 Å². The van der Waals surface area contributed by atoms with Gasteiger partial charge < -0.3 is 18.9 Å². The van der Waals surface area contributed by atoms with Gasteiger partial charge in [0.25, 0.3) is 0 Å². The van der Waals surface area contributed by atoms with E-state index in [1.807, 2.05) is 24.3 Å². The molecule has 65 heavy (non-hydrogen) atoms. The Morgan fingerprint density at radius 1 is 0.554 bits per heavy atom. The van der Waals surface area contributed by atoms with Crippen LogP contribution < -0.4 is 9.47 Å². The molecule has 0 radical (unpaired) electrons. The zero-order chi connectivity index (χ0) is 45.1. The summed E-state index contributed by atoms with van der Waals surface area (Å²) >= 11 is 1.63. The fourth-order valence-corrected chi connectivity index (χ4v) is 10.1. The molecule has 0 N–H and O–H groups in total. The zero-order valence-corrected chi connectivity index (χ0v) is 38.4. The summed E-state index contributed by atoms with van der Waals surface area (Å²) in [4.78, 5) is 58.9. The average Bonchev–Trinajstić information content (AvgIpc) is 3.77. The molecule has 2 aliphatic rings. The number of hydrogen-bond donors (Lipinski definition) is 0. The van der Waals surface area contributed by atoms with Gasteiger partial charge in [0.1, 0.15) is 23.5 Å². The van der Waals surface area contributed by atoms with Crippen LogP contribution in [0.2, 0.25) is 0 Å². The number of carbonyl (C=O) groups is 4. The molecule has 0 amide bonds. The van der Waals surface area contributed by atoms with Gasteiger partial charge in [0.2, 0.25) is 0 Å². The zero-order valence-electron chi connectivity index (χ0n) is 37.6. The van der Waals surface area contributed by atoms with Crippen molar-refractivity contribution >= 4 is 56.2 Å². The Labute approximate surface area is 385 Å². The Morgan fingerprint density at radius 2 is 1.03 bits per heavy atom. The molecule has 2 aliphatic carbocycles. The van der Waals surface area contributed by atoms with E-state index in [0.29, 0.717) is 105 Å². The monoisotopic (exact) mass is 893 g/mol. The van der Waals surface area contributed by atoms with E-state index in [9.17, 15) is 19.2 Å².